The van der Waals surface area contributed by atoms with Gasteiger partial charge in [0.05, 0.1) is 17.1 Å². The molecule has 3 aromatic heterocycles. The quantitative estimate of drug-likeness (QED) is 0.215. The van der Waals surface area contributed by atoms with E-state index in [9.17, 15) is 0 Å². The van der Waals surface area contributed by atoms with Gasteiger partial charge in [-0.25, -0.2) is 19.6 Å². The Morgan fingerprint density at radius 1 is 0.864 bits per heavy atom. The number of nitrogens with one attached hydrogen (secondary N) is 1. The van der Waals surface area contributed by atoms with Gasteiger partial charge < -0.3 is 16.0 Å². The summed E-state index contributed by atoms with van der Waals surface area (Å²) < 4.78 is 2.13. The Labute approximate surface area is 263 Å². The number of nitrogens with two attached hydrogens (primary N) is 1. The van der Waals surface area contributed by atoms with Crippen LogP contribution in [-0.2, 0) is 6.42 Å². The van der Waals surface area contributed by atoms with Crippen molar-refractivity contribution in [3.63, 3.8) is 0 Å². The van der Waals surface area contributed by atoms with Crippen LogP contribution in [0.5, 0.6) is 0 Å². The second-order valence-corrected chi connectivity index (χ2v) is 13.3. The first-order valence-corrected chi connectivity index (χ1v) is 16.6. The minimum Gasteiger partial charge on any atom is -0.383 e. The third-order valence-corrected chi connectivity index (χ3v) is 10.5. The van der Waals surface area contributed by atoms with E-state index < -0.39 is 0 Å². The van der Waals surface area contributed by atoms with E-state index in [-0.39, 0.29) is 0 Å². The monoisotopic (exact) mass is 607 g/mol. The minimum absolute atomic E-state index is 0.311. The molecule has 228 valence electrons. The Kier molecular flexibility index (Phi) is 8.05. The molecule has 0 bridgehead atoms. The van der Waals surface area contributed by atoms with E-state index in [1.54, 1.807) is 17.7 Å². The summed E-state index contributed by atoms with van der Waals surface area (Å²) in [6, 6.07) is 17.9. The van der Waals surface area contributed by atoms with Gasteiger partial charge in [-0.05, 0) is 58.2 Å². The van der Waals surface area contributed by atoms with Crippen molar-refractivity contribution in [2.75, 3.05) is 44.3 Å². The van der Waals surface area contributed by atoms with Crippen LogP contribution in [0.15, 0.2) is 54.9 Å². The summed E-state index contributed by atoms with van der Waals surface area (Å²) in [5, 5.41) is 10.4. The van der Waals surface area contributed by atoms with E-state index in [0.717, 1.165) is 76.7 Å². The largest absolute Gasteiger partial charge is 0.383 e. The van der Waals surface area contributed by atoms with Gasteiger partial charge in [-0.3, -0.25) is 4.90 Å². The van der Waals surface area contributed by atoms with Crippen molar-refractivity contribution in [1.29, 1.82) is 0 Å². The standard InChI is InChI=1S/C34H41N9S/c1-4-28-30(23-7-5-22(2)6-8-23)39-34(44-28)38-25-11-9-24(10-12-25)31-29-32(35)36-21-37-33(29)43(40-31)27-15-13-26(14-16-27)42-19-17-41(3)18-20-42/h5-12,21,26-27H,4,13-20H2,1-3H3,(H,38,39)(H2,35,36,37)/t26-,27+. The van der Waals surface area contributed by atoms with Crippen molar-refractivity contribution in [3.8, 4) is 22.5 Å². The molecule has 0 radical (unpaired) electrons. The van der Waals surface area contributed by atoms with Crippen molar-refractivity contribution < 1.29 is 0 Å². The predicted molar refractivity (Wildman–Crippen MR) is 180 cm³/mol. The fraction of sp³-hybridized carbons (Fsp3) is 0.412. The van der Waals surface area contributed by atoms with E-state index in [4.69, 9.17) is 15.8 Å². The van der Waals surface area contributed by atoms with Crippen molar-refractivity contribution in [2.45, 2.75) is 58.0 Å². The fourth-order valence-corrected chi connectivity index (χ4v) is 7.67. The number of hydrogen-bond acceptors (Lipinski definition) is 9. The fourth-order valence-electron chi connectivity index (χ4n) is 6.72. The van der Waals surface area contributed by atoms with E-state index in [2.05, 4.69) is 99.2 Å². The molecule has 5 aromatic rings. The number of hydrogen-bond donors (Lipinski definition) is 2. The van der Waals surface area contributed by atoms with Gasteiger partial charge in [-0.2, -0.15) is 5.10 Å². The van der Waals surface area contributed by atoms with Crippen LogP contribution < -0.4 is 11.1 Å². The van der Waals surface area contributed by atoms with Crippen LogP contribution in [0.3, 0.4) is 0 Å². The molecule has 1 aliphatic heterocycles. The van der Waals surface area contributed by atoms with Gasteiger partial charge in [-0.15, -0.1) is 11.3 Å². The Morgan fingerprint density at radius 2 is 1.52 bits per heavy atom. The number of nitrogen functional groups attached to an aromatic ring is 1. The molecule has 0 amide bonds. The summed E-state index contributed by atoms with van der Waals surface area (Å²) in [6.45, 7) is 8.96. The first-order chi connectivity index (χ1) is 21.5. The summed E-state index contributed by atoms with van der Waals surface area (Å²) in [4.78, 5) is 20.4. The molecule has 2 fully saturated rings. The van der Waals surface area contributed by atoms with Crippen LogP contribution >= 0.6 is 11.3 Å². The second kappa shape index (κ2) is 12.3. The summed E-state index contributed by atoms with van der Waals surface area (Å²) in [7, 11) is 2.22. The van der Waals surface area contributed by atoms with E-state index in [0.29, 0.717) is 17.9 Å². The number of fused-ring (bicyclic) bond motifs is 1. The molecule has 1 aliphatic carbocycles. The molecule has 10 heteroatoms. The van der Waals surface area contributed by atoms with Crippen LogP contribution in [0.2, 0.25) is 0 Å². The Balaban J connectivity index is 1.10. The lowest BCUT2D eigenvalue weighted by atomic mass is 9.90. The number of aromatic nitrogens is 5. The lowest BCUT2D eigenvalue weighted by molar-refractivity contribution is 0.0815. The normalized spacial score (nSPS) is 19.9. The van der Waals surface area contributed by atoms with Gasteiger partial charge >= 0.3 is 0 Å². The van der Waals surface area contributed by atoms with E-state index in [1.165, 1.54) is 36.4 Å². The van der Waals surface area contributed by atoms with Gasteiger partial charge in [0.25, 0.3) is 0 Å². The molecular formula is C34H41N9S. The topological polar surface area (TPSA) is 101 Å². The average Bonchev–Trinajstić information content (AvgIpc) is 3.65. The molecule has 44 heavy (non-hydrogen) atoms. The molecule has 2 aromatic carbocycles. The number of likely N-dealkylation sites (N-methyl/N-ethyl adjacent to an activating group) is 1. The Bertz CT molecular complexity index is 1730. The maximum Gasteiger partial charge on any atom is 0.187 e. The van der Waals surface area contributed by atoms with Gasteiger partial charge in [0, 0.05) is 53.9 Å². The number of piperazine rings is 1. The van der Waals surface area contributed by atoms with Gasteiger partial charge in [-0.1, -0.05) is 48.9 Å². The van der Waals surface area contributed by atoms with Crippen LogP contribution in [0.4, 0.5) is 16.6 Å². The van der Waals surface area contributed by atoms with Crippen molar-refractivity contribution in [2.24, 2.45) is 0 Å². The first kappa shape index (κ1) is 28.9. The number of aryl methyl sites for hydroxylation is 2. The highest BCUT2D eigenvalue weighted by Gasteiger charge is 2.30. The number of benzene rings is 2. The number of rotatable bonds is 7. The maximum atomic E-state index is 6.45. The van der Waals surface area contributed by atoms with Gasteiger partial charge in [0.1, 0.15) is 17.8 Å². The highest BCUT2D eigenvalue weighted by atomic mass is 32.1. The Morgan fingerprint density at radius 3 is 2.23 bits per heavy atom. The molecule has 4 heterocycles. The molecule has 1 saturated carbocycles. The average molecular weight is 608 g/mol. The van der Waals surface area contributed by atoms with Crippen molar-refractivity contribution in [1.82, 2.24) is 34.5 Å². The van der Waals surface area contributed by atoms with Crippen molar-refractivity contribution in [3.05, 3.63) is 65.3 Å². The molecule has 0 atom stereocenters. The summed E-state index contributed by atoms with van der Waals surface area (Å²) in [5.41, 5.74) is 13.6. The lowest BCUT2D eigenvalue weighted by Crippen LogP contribution is -2.49. The van der Waals surface area contributed by atoms with Crippen LogP contribution in [0.25, 0.3) is 33.5 Å². The lowest BCUT2D eigenvalue weighted by Gasteiger charge is -2.41. The first-order valence-electron chi connectivity index (χ1n) is 15.8. The highest BCUT2D eigenvalue weighted by Crippen LogP contribution is 2.38. The Hall–Kier alpha value is -3.86. The molecule has 9 nitrogen and oxygen atoms in total. The zero-order valence-electron chi connectivity index (χ0n) is 25.8. The molecular weight excluding hydrogens is 567 g/mol. The van der Waals surface area contributed by atoms with Crippen molar-refractivity contribution >= 4 is 39.0 Å². The van der Waals surface area contributed by atoms with Crippen LogP contribution in [0, 0.1) is 6.92 Å². The SMILES string of the molecule is CCc1sc(Nc2ccc(-c3nn([C@H]4CC[C@@H](N5CCN(C)CC5)CC4)c4ncnc(N)c34)cc2)nc1-c1ccc(C)cc1. The number of nitrogens with zero attached hydrogens (tertiary/aromatic N) is 7. The molecule has 1 saturated heterocycles. The van der Waals surface area contributed by atoms with Gasteiger partial charge in [0.15, 0.2) is 10.8 Å². The molecule has 3 N–H and O–H groups in total. The van der Waals surface area contributed by atoms with Gasteiger partial charge in [0.2, 0.25) is 0 Å². The third kappa shape index (κ3) is 5.69. The van der Waals surface area contributed by atoms with Crippen LogP contribution in [0.1, 0.15) is 49.1 Å². The van der Waals surface area contributed by atoms with Crippen LogP contribution in [-0.4, -0.2) is 73.8 Å². The zero-order chi connectivity index (χ0) is 30.2. The predicted octanol–water partition coefficient (Wildman–Crippen LogP) is 6.54. The molecule has 0 spiro atoms. The zero-order valence-corrected chi connectivity index (χ0v) is 26.6. The smallest absolute Gasteiger partial charge is 0.187 e. The number of anilines is 3. The van der Waals surface area contributed by atoms with E-state index >= 15 is 0 Å². The van der Waals surface area contributed by atoms with E-state index in [1.807, 2.05) is 0 Å². The molecule has 0 unspecified atom stereocenters. The summed E-state index contributed by atoms with van der Waals surface area (Å²) in [6.07, 6.45) is 7.07. The second-order valence-electron chi connectivity index (χ2n) is 12.3. The highest BCUT2D eigenvalue weighted by molar-refractivity contribution is 7.16. The molecule has 2 aliphatic rings. The summed E-state index contributed by atoms with van der Waals surface area (Å²) in [5.74, 6) is 0.475. The maximum absolute atomic E-state index is 6.45. The molecule has 7 rings (SSSR count). The minimum atomic E-state index is 0.311. The third-order valence-electron chi connectivity index (χ3n) is 9.34. The number of thiazole rings is 1. The summed E-state index contributed by atoms with van der Waals surface area (Å²) >= 11 is 1.71.